The van der Waals surface area contributed by atoms with Crippen molar-refractivity contribution in [2.45, 2.75) is 26.3 Å². The van der Waals surface area contributed by atoms with E-state index in [4.69, 9.17) is 0 Å². The Morgan fingerprint density at radius 1 is 1.29 bits per heavy atom. The molecule has 2 N–H and O–H groups in total. The largest absolute Gasteiger partial charge is 0.283 e. The lowest BCUT2D eigenvalue weighted by atomic mass is 10.1. The van der Waals surface area contributed by atoms with Crippen LogP contribution >= 0.6 is 0 Å². The van der Waals surface area contributed by atoms with Crippen LogP contribution in [0.4, 0.5) is 0 Å². The van der Waals surface area contributed by atoms with Crippen LogP contribution in [-0.4, -0.2) is 15.9 Å². The van der Waals surface area contributed by atoms with Crippen LogP contribution in [0.3, 0.4) is 0 Å². The molecule has 0 saturated heterocycles. The second kappa shape index (κ2) is 2.45. The van der Waals surface area contributed by atoms with Crippen LogP contribution in [0.5, 0.6) is 0 Å². The SMILES string of the molecule is CC(C)(C)NN[Si]. The minimum atomic E-state index is 0.141. The molecule has 0 aliphatic heterocycles. The monoisotopic (exact) mass is 115 g/mol. The molecule has 0 aromatic carbocycles. The van der Waals surface area contributed by atoms with Gasteiger partial charge in [-0.3, -0.25) is 10.5 Å². The van der Waals surface area contributed by atoms with Crippen molar-refractivity contribution >= 4 is 10.4 Å². The van der Waals surface area contributed by atoms with Crippen LogP contribution in [0.15, 0.2) is 0 Å². The van der Waals surface area contributed by atoms with Gasteiger partial charge < -0.3 is 0 Å². The zero-order valence-corrected chi connectivity index (χ0v) is 6.00. The van der Waals surface area contributed by atoms with Gasteiger partial charge in [-0.25, -0.2) is 0 Å². The van der Waals surface area contributed by atoms with Crippen molar-refractivity contribution < 1.29 is 0 Å². The minimum Gasteiger partial charge on any atom is -0.283 e. The molecule has 3 heteroatoms. The lowest BCUT2D eigenvalue weighted by Crippen LogP contribution is -2.44. The van der Waals surface area contributed by atoms with Crippen molar-refractivity contribution in [1.29, 1.82) is 0 Å². The van der Waals surface area contributed by atoms with Gasteiger partial charge in [-0.2, -0.15) is 0 Å². The van der Waals surface area contributed by atoms with E-state index >= 15 is 0 Å². The highest BCUT2D eigenvalue weighted by atomic mass is 28.2. The Labute approximate surface area is 48.2 Å². The van der Waals surface area contributed by atoms with Crippen molar-refractivity contribution in [2.75, 3.05) is 0 Å². The van der Waals surface area contributed by atoms with E-state index in [9.17, 15) is 0 Å². The fourth-order valence-corrected chi connectivity index (χ4v) is 0.562. The Morgan fingerprint density at radius 2 is 1.71 bits per heavy atom. The lowest BCUT2D eigenvalue weighted by molar-refractivity contribution is 0.412. The third-order valence-corrected chi connectivity index (χ3v) is 0.562. The van der Waals surface area contributed by atoms with Gasteiger partial charge >= 0.3 is 0 Å². The molecule has 0 fully saturated rings. The molecule has 0 saturated carbocycles. The average Bonchev–Trinajstić information content (AvgIpc) is 1.30. The highest BCUT2D eigenvalue weighted by Crippen LogP contribution is 1.93. The Morgan fingerprint density at radius 3 is 1.71 bits per heavy atom. The maximum Gasteiger partial charge on any atom is 0.161 e. The normalized spacial score (nSPS) is 12.0. The second-order valence-electron chi connectivity index (χ2n) is 2.50. The van der Waals surface area contributed by atoms with E-state index < -0.39 is 0 Å². The first kappa shape index (κ1) is 7.14. The fourth-order valence-electron chi connectivity index (χ4n) is 0.188. The van der Waals surface area contributed by atoms with Crippen LogP contribution in [0, 0.1) is 0 Å². The van der Waals surface area contributed by atoms with Crippen molar-refractivity contribution in [3.63, 3.8) is 0 Å². The molecule has 2 nitrogen and oxygen atoms in total. The second-order valence-corrected chi connectivity index (χ2v) is 2.75. The van der Waals surface area contributed by atoms with Gasteiger partial charge in [0.1, 0.15) is 0 Å². The van der Waals surface area contributed by atoms with E-state index in [1.54, 1.807) is 0 Å². The Kier molecular flexibility index (Phi) is 2.49. The number of hydrogen-bond acceptors (Lipinski definition) is 2. The first-order chi connectivity index (χ1) is 3.06. The molecule has 0 spiro atoms. The van der Waals surface area contributed by atoms with E-state index in [2.05, 4.69) is 41.7 Å². The molecule has 0 heterocycles. The van der Waals surface area contributed by atoms with E-state index in [1.807, 2.05) is 0 Å². The Bertz CT molecular complexity index is 48.1. The zero-order valence-electron chi connectivity index (χ0n) is 5.00. The first-order valence-electron chi connectivity index (χ1n) is 2.25. The lowest BCUT2D eigenvalue weighted by Gasteiger charge is -2.18. The van der Waals surface area contributed by atoms with Crippen molar-refractivity contribution in [3.05, 3.63) is 0 Å². The van der Waals surface area contributed by atoms with E-state index in [1.165, 1.54) is 0 Å². The molecule has 0 unspecified atom stereocenters. The Balaban J connectivity index is 3.15. The van der Waals surface area contributed by atoms with Crippen molar-refractivity contribution in [1.82, 2.24) is 10.5 Å². The molecule has 0 aromatic heterocycles. The molecule has 41 valence electrons. The van der Waals surface area contributed by atoms with Crippen molar-refractivity contribution in [3.8, 4) is 0 Å². The number of hydrazine groups is 1. The van der Waals surface area contributed by atoms with Gasteiger partial charge in [-0.05, 0) is 20.8 Å². The van der Waals surface area contributed by atoms with Gasteiger partial charge in [0.05, 0.1) is 0 Å². The summed E-state index contributed by atoms with van der Waals surface area (Å²) in [5.41, 5.74) is 3.09. The van der Waals surface area contributed by atoms with Crippen LogP contribution in [-0.2, 0) is 0 Å². The number of nitrogens with one attached hydrogen (secondary N) is 2. The summed E-state index contributed by atoms with van der Waals surface area (Å²) >= 11 is 0. The molecule has 7 heavy (non-hydrogen) atoms. The van der Waals surface area contributed by atoms with Crippen LogP contribution in [0.2, 0.25) is 0 Å². The van der Waals surface area contributed by atoms with Gasteiger partial charge in [-0.1, -0.05) is 0 Å². The van der Waals surface area contributed by atoms with Gasteiger partial charge in [0.15, 0.2) is 10.4 Å². The van der Waals surface area contributed by atoms with Crippen LogP contribution < -0.4 is 10.5 Å². The quantitative estimate of drug-likeness (QED) is 0.370. The molecule has 0 aromatic rings. The highest BCUT2D eigenvalue weighted by Gasteiger charge is 2.04. The molecule has 0 aliphatic rings. The fraction of sp³-hybridized carbons (Fsp3) is 1.00. The molecule has 0 bridgehead atoms. The third-order valence-electron chi connectivity index (χ3n) is 0.438. The number of hydrogen-bond donors (Lipinski definition) is 2. The molecule has 0 amide bonds. The van der Waals surface area contributed by atoms with E-state index in [-0.39, 0.29) is 5.54 Å². The van der Waals surface area contributed by atoms with Gasteiger partial charge in [0.25, 0.3) is 0 Å². The first-order valence-corrected chi connectivity index (χ1v) is 2.75. The summed E-state index contributed by atoms with van der Waals surface area (Å²) < 4.78 is 0. The molecule has 0 atom stereocenters. The maximum absolute atomic E-state index is 3.07. The summed E-state index contributed by atoms with van der Waals surface area (Å²) in [7, 11) is 3.07. The predicted octanol–water partition coefficient (Wildman–Crippen LogP) is -0.0374. The summed E-state index contributed by atoms with van der Waals surface area (Å²) in [5, 5.41) is 2.66. The summed E-state index contributed by atoms with van der Waals surface area (Å²) in [6, 6.07) is 0. The smallest absolute Gasteiger partial charge is 0.161 e. The zero-order chi connectivity index (χ0) is 5.91. The molecular formula is C4H11N2Si. The van der Waals surface area contributed by atoms with Gasteiger partial charge in [-0.15, -0.1) is 0 Å². The summed E-state index contributed by atoms with van der Waals surface area (Å²) in [6.45, 7) is 6.21. The van der Waals surface area contributed by atoms with E-state index in [0.717, 1.165) is 0 Å². The summed E-state index contributed by atoms with van der Waals surface area (Å²) in [6.07, 6.45) is 0. The molecular weight excluding hydrogens is 104 g/mol. The van der Waals surface area contributed by atoms with Crippen LogP contribution in [0.25, 0.3) is 0 Å². The highest BCUT2D eigenvalue weighted by molar-refractivity contribution is 6.03. The predicted molar refractivity (Wildman–Crippen MR) is 31.8 cm³/mol. The maximum atomic E-state index is 3.07. The van der Waals surface area contributed by atoms with Gasteiger partial charge in [0, 0.05) is 5.54 Å². The molecule has 3 radical (unpaired) electrons. The van der Waals surface area contributed by atoms with E-state index in [0.29, 0.717) is 0 Å². The minimum absolute atomic E-state index is 0.141. The molecule has 0 rings (SSSR count). The van der Waals surface area contributed by atoms with Gasteiger partial charge in [0.2, 0.25) is 0 Å². The molecule has 0 aliphatic carbocycles. The van der Waals surface area contributed by atoms with Crippen LogP contribution in [0.1, 0.15) is 20.8 Å². The third kappa shape index (κ3) is 6.14. The average molecular weight is 115 g/mol. The van der Waals surface area contributed by atoms with Crippen molar-refractivity contribution in [2.24, 2.45) is 0 Å². The number of rotatable bonds is 1. The topological polar surface area (TPSA) is 24.1 Å². The Hall–Kier alpha value is 0.137. The standard InChI is InChI=1S/C4H11N2Si/c1-4(2,3)5-6-7/h5-6H,1-3H3. The summed E-state index contributed by atoms with van der Waals surface area (Å²) in [4.78, 5) is 0. The summed E-state index contributed by atoms with van der Waals surface area (Å²) in [5.74, 6) is 0.